The molecule has 1 atom stereocenters. The molecule has 5 heteroatoms. The lowest BCUT2D eigenvalue weighted by Gasteiger charge is -2.42. The monoisotopic (exact) mass is 269 g/mol. The highest BCUT2D eigenvalue weighted by Gasteiger charge is 2.38. The number of hydrogen-bond acceptors (Lipinski definition) is 2. The van der Waals surface area contributed by atoms with Crippen molar-refractivity contribution in [2.45, 2.75) is 26.8 Å². The Hall–Kier alpha value is -1.49. The topological polar surface area (TPSA) is 29.5 Å². The molecule has 1 amide bonds. The van der Waals surface area contributed by atoms with Gasteiger partial charge in [0.1, 0.15) is 6.61 Å². The molecule has 1 aliphatic heterocycles. The van der Waals surface area contributed by atoms with E-state index in [-0.39, 0.29) is 24.0 Å². The third kappa shape index (κ3) is 2.76. The fourth-order valence-corrected chi connectivity index (χ4v) is 2.17. The number of nitrogens with zero attached hydrogens (tertiary/aromatic N) is 1. The largest absolute Gasteiger partial charge is 0.369 e. The minimum Gasteiger partial charge on any atom is -0.369 e. The van der Waals surface area contributed by atoms with Gasteiger partial charge in [0, 0.05) is 11.8 Å². The lowest BCUT2D eigenvalue weighted by atomic mass is 9.85. The Bertz CT molecular complexity index is 497. The van der Waals surface area contributed by atoms with Crippen LogP contribution in [0, 0.1) is 17.0 Å². The summed E-state index contributed by atoms with van der Waals surface area (Å²) in [5, 5.41) is 0. The maximum atomic E-state index is 13.3. The van der Waals surface area contributed by atoms with Crippen molar-refractivity contribution in [2.24, 2.45) is 5.41 Å². The molecule has 19 heavy (non-hydrogen) atoms. The number of amides is 1. The van der Waals surface area contributed by atoms with Crippen molar-refractivity contribution in [3.05, 3.63) is 29.8 Å². The maximum absolute atomic E-state index is 13.3. The highest BCUT2D eigenvalue weighted by Crippen LogP contribution is 2.32. The molecule has 2 rings (SSSR count). The Balaban J connectivity index is 2.42. The van der Waals surface area contributed by atoms with Crippen molar-refractivity contribution in [2.75, 3.05) is 18.1 Å². The first-order valence-corrected chi connectivity index (χ1v) is 6.15. The predicted octanol–water partition coefficient (Wildman–Crippen LogP) is 2.74. The average molecular weight is 269 g/mol. The molecule has 1 aliphatic rings. The SMILES string of the molecule is CC(C)(C)C1COCC(=O)N1c1ccc(F)c(F)c1. The van der Waals surface area contributed by atoms with E-state index in [4.69, 9.17) is 4.74 Å². The molecular formula is C14H17F2NO2. The molecule has 0 N–H and O–H groups in total. The van der Waals surface area contributed by atoms with Crippen LogP contribution in [-0.4, -0.2) is 25.2 Å². The van der Waals surface area contributed by atoms with Crippen LogP contribution in [0.4, 0.5) is 14.5 Å². The third-order valence-corrected chi connectivity index (χ3v) is 3.26. The number of benzene rings is 1. The Morgan fingerprint density at radius 1 is 1.26 bits per heavy atom. The summed E-state index contributed by atoms with van der Waals surface area (Å²) in [6.45, 7) is 6.28. The summed E-state index contributed by atoms with van der Waals surface area (Å²) in [6, 6.07) is 3.30. The molecule has 0 aliphatic carbocycles. The first-order valence-electron chi connectivity index (χ1n) is 6.15. The summed E-state index contributed by atoms with van der Waals surface area (Å²) < 4.78 is 31.6. The van der Waals surface area contributed by atoms with E-state index < -0.39 is 11.6 Å². The van der Waals surface area contributed by atoms with Crippen molar-refractivity contribution in [3.8, 4) is 0 Å². The maximum Gasteiger partial charge on any atom is 0.253 e. The Morgan fingerprint density at radius 2 is 1.95 bits per heavy atom. The number of carbonyl (C=O) groups excluding carboxylic acids is 1. The summed E-state index contributed by atoms with van der Waals surface area (Å²) in [5.41, 5.74) is 0.146. The van der Waals surface area contributed by atoms with Crippen LogP contribution in [0.5, 0.6) is 0 Å². The van der Waals surface area contributed by atoms with Gasteiger partial charge in [0.2, 0.25) is 0 Å². The van der Waals surface area contributed by atoms with E-state index in [9.17, 15) is 13.6 Å². The second kappa shape index (κ2) is 4.89. The van der Waals surface area contributed by atoms with Crippen molar-refractivity contribution >= 4 is 11.6 Å². The second-order valence-corrected chi connectivity index (χ2v) is 5.76. The van der Waals surface area contributed by atoms with Gasteiger partial charge >= 0.3 is 0 Å². The minimum atomic E-state index is -0.954. The molecule has 0 saturated carbocycles. The van der Waals surface area contributed by atoms with Crippen molar-refractivity contribution in [1.82, 2.24) is 0 Å². The Labute approximate surface area is 111 Å². The lowest BCUT2D eigenvalue weighted by molar-refractivity contribution is -0.129. The van der Waals surface area contributed by atoms with E-state index in [1.54, 1.807) is 0 Å². The fraction of sp³-hybridized carbons (Fsp3) is 0.500. The summed E-state index contributed by atoms with van der Waals surface area (Å²) in [7, 11) is 0. The van der Waals surface area contributed by atoms with Gasteiger partial charge in [-0.05, 0) is 17.5 Å². The van der Waals surface area contributed by atoms with Gasteiger partial charge in [0.05, 0.1) is 12.6 Å². The van der Waals surface area contributed by atoms with Gasteiger partial charge in [-0.15, -0.1) is 0 Å². The van der Waals surface area contributed by atoms with Gasteiger partial charge in [-0.1, -0.05) is 20.8 Å². The summed E-state index contributed by atoms with van der Waals surface area (Å²) in [4.78, 5) is 13.5. The van der Waals surface area contributed by atoms with E-state index in [2.05, 4.69) is 0 Å². The summed E-state index contributed by atoms with van der Waals surface area (Å²) in [6.07, 6.45) is 0. The zero-order chi connectivity index (χ0) is 14.2. The molecule has 1 saturated heterocycles. The number of anilines is 1. The number of ether oxygens (including phenoxy) is 1. The van der Waals surface area contributed by atoms with Gasteiger partial charge in [0.15, 0.2) is 11.6 Å². The summed E-state index contributed by atoms with van der Waals surface area (Å²) >= 11 is 0. The van der Waals surface area contributed by atoms with E-state index in [0.29, 0.717) is 12.3 Å². The molecule has 0 aromatic heterocycles. The van der Waals surface area contributed by atoms with Crippen LogP contribution < -0.4 is 4.90 Å². The Kier molecular flexibility index (Phi) is 3.58. The van der Waals surface area contributed by atoms with Crippen LogP contribution in [0.2, 0.25) is 0 Å². The molecule has 0 bridgehead atoms. The molecule has 1 heterocycles. The van der Waals surface area contributed by atoms with Crippen molar-refractivity contribution in [1.29, 1.82) is 0 Å². The lowest BCUT2D eigenvalue weighted by Crippen LogP contribution is -2.55. The second-order valence-electron chi connectivity index (χ2n) is 5.76. The number of morpholine rings is 1. The number of carbonyl (C=O) groups is 1. The number of rotatable bonds is 1. The van der Waals surface area contributed by atoms with Crippen LogP contribution in [0.3, 0.4) is 0 Å². The molecule has 0 radical (unpaired) electrons. The van der Waals surface area contributed by atoms with Crippen LogP contribution in [0.15, 0.2) is 18.2 Å². The van der Waals surface area contributed by atoms with Crippen LogP contribution in [-0.2, 0) is 9.53 Å². The molecule has 1 aromatic rings. The molecule has 104 valence electrons. The Morgan fingerprint density at radius 3 is 2.53 bits per heavy atom. The highest BCUT2D eigenvalue weighted by atomic mass is 19.2. The van der Waals surface area contributed by atoms with Gasteiger partial charge in [-0.2, -0.15) is 0 Å². The standard InChI is InChI=1S/C14H17F2NO2/c1-14(2,3)12-7-19-8-13(18)17(12)9-4-5-10(15)11(16)6-9/h4-6,12H,7-8H2,1-3H3. The molecular weight excluding hydrogens is 252 g/mol. The molecule has 1 unspecified atom stereocenters. The minimum absolute atomic E-state index is 0.0361. The number of hydrogen-bond donors (Lipinski definition) is 0. The normalized spacial score (nSPS) is 20.8. The van der Waals surface area contributed by atoms with Crippen LogP contribution in [0.1, 0.15) is 20.8 Å². The zero-order valence-corrected chi connectivity index (χ0v) is 11.2. The van der Waals surface area contributed by atoms with Crippen LogP contribution >= 0.6 is 0 Å². The first-order chi connectivity index (χ1) is 8.80. The van der Waals surface area contributed by atoms with Gasteiger partial charge in [-0.25, -0.2) is 8.78 Å². The quantitative estimate of drug-likeness (QED) is 0.784. The van der Waals surface area contributed by atoms with Crippen molar-refractivity contribution in [3.63, 3.8) is 0 Å². The molecule has 1 fully saturated rings. The molecule has 1 aromatic carbocycles. The third-order valence-electron chi connectivity index (χ3n) is 3.26. The van der Waals surface area contributed by atoms with Gasteiger partial charge in [-0.3, -0.25) is 4.79 Å². The average Bonchev–Trinajstić information content (AvgIpc) is 2.31. The molecule has 0 spiro atoms. The highest BCUT2D eigenvalue weighted by molar-refractivity contribution is 5.95. The molecule has 3 nitrogen and oxygen atoms in total. The smallest absolute Gasteiger partial charge is 0.253 e. The van der Waals surface area contributed by atoms with Crippen molar-refractivity contribution < 1.29 is 18.3 Å². The van der Waals surface area contributed by atoms with E-state index in [0.717, 1.165) is 12.1 Å². The number of halogens is 2. The fourth-order valence-electron chi connectivity index (χ4n) is 2.17. The zero-order valence-electron chi connectivity index (χ0n) is 11.2. The van der Waals surface area contributed by atoms with E-state index in [1.807, 2.05) is 20.8 Å². The van der Waals surface area contributed by atoms with E-state index in [1.165, 1.54) is 11.0 Å². The van der Waals surface area contributed by atoms with Crippen LogP contribution in [0.25, 0.3) is 0 Å². The van der Waals surface area contributed by atoms with Gasteiger partial charge in [0.25, 0.3) is 5.91 Å². The summed E-state index contributed by atoms with van der Waals surface area (Å²) in [5.74, 6) is -2.11. The predicted molar refractivity (Wildman–Crippen MR) is 67.9 cm³/mol. The van der Waals surface area contributed by atoms with Gasteiger partial charge < -0.3 is 9.64 Å². The van der Waals surface area contributed by atoms with E-state index >= 15 is 0 Å². The first kappa shape index (κ1) is 13.9.